The van der Waals surface area contributed by atoms with Gasteiger partial charge >= 0.3 is 0 Å². The van der Waals surface area contributed by atoms with Crippen molar-refractivity contribution in [2.75, 3.05) is 26.2 Å². The van der Waals surface area contributed by atoms with Crippen molar-refractivity contribution in [2.45, 2.75) is 39.7 Å². The van der Waals surface area contributed by atoms with Gasteiger partial charge in [0.05, 0.1) is 5.41 Å². The van der Waals surface area contributed by atoms with Gasteiger partial charge in [0, 0.05) is 50.6 Å². The summed E-state index contributed by atoms with van der Waals surface area (Å²) in [6.45, 7) is 7.19. The highest BCUT2D eigenvalue weighted by molar-refractivity contribution is 5.95. The number of pyridine rings is 1. The first kappa shape index (κ1) is 16.7. The average molecular weight is 331 g/mol. The van der Waals surface area contributed by atoms with Crippen LogP contribution in [-0.4, -0.2) is 52.4 Å². The summed E-state index contributed by atoms with van der Waals surface area (Å²) in [5, 5.41) is 0. The zero-order chi connectivity index (χ0) is 17.3. The number of hydrogen-bond acceptors (Lipinski definition) is 3. The van der Waals surface area contributed by atoms with E-state index in [9.17, 15) is 14.4 Å². The highest BCUT2D eigenvalue weighted by Crippen LogP contribution is 2.41. The molecule has 6 heteroatoms. The lowest BCUT2D eigenvalue weighted by molar-refractivity contribution is -0.135. The molecule has 0 N–H and O–H groups in total. The second-order valence-electron chi connectivity index (χ2n) is 6.84. The molecule has 2 aliphatic heterocycles. The Hall–Kier alpha value is -2.11. The molecule has 24 heavy (non-hydrogen) atoms. The van der Waals surface area contributed by atoms with Gasteiger partial charge in [-0.05, 0) is 32.3 Å². The molecule has 1 atom stereocenters. The molecule has 0 aliphatic carbocycles. The Morgan fingerprint density at radius 2 is 1.96 bits per heavy atom. The molecule has 6 nitrogen and oxygen atoms in total. The van der Waals surface area contributed by atoms with Crippen molar-refractivity contribution in [3.05, 3.63) is 34.2 Å². The molecular weight excluding hydrogens is 306 g/mol. The molecule has 2 fully saturated rings. The van der Waals surface area contributed by atoms with E-state index < -0.39 is 5.41 Å². The van der Waals surface area contributed by atoms with Crippen molar-refractivity contribution in [3.63, 3.8) is 0 Å². The second-order valence-corrected chi connectivity index (χ2v) is 6.84. The number of carbonyl (C=O) groups excluding carboxylic acids is 2. The molecule has 1 aromatic heterocycles. The first-order chi connectivity index (χ1) is 11.5. The van der Waals surface area contributed by atoms with E-state index in [-0.39, 0.29) is 17.4 Å². The van der Waals surface area contributed by atoms with Crippen LogP contribution in [0.1, 0.15) is 43.5 Å². The molecular formula is C18H25N3O3. The Bertz CT molecular complexity index is 712. The molecule has 3 rings (SSSR count). The SMILES string of the molecule is CCCN1CCC2(CCN(C(=O)c3ccn(CC)c(=O)c3)C2)C1=O. The van der Waals surface area contributed by atoms with Crippen molar-refractivity contribution in [1.82, 2.24) is 14.4 Å². The van der Waals surface area contributed by atoms with E-state index in [1.54, 1.807) is 21.7 Å². The molecule has 2 saturated heterocycles. The molecule has 0 radical (unpaired) electrons. The highest BCUT2D eigenvalue weighted by atomic mass is 16.2. The summed E-state index contributed by atoms with van der Waals surface area (Å²) in [5.41, 5.74) is -0.149. The lowest BCUT2D eigenvalue weighted by Crippen LogP contribution is -2.38. The third kappa shape index (κ3) is 2.74. The van der Waals surface area contributed by atoms with Crippen LogP contribution >= 0.6 is 0 Å². The third-order valence-corrected chi connectivity index (χ3v) is 5.32. The van der Waals surface area contributed by atoms with E-state index >= 15 is 0 Å². The number of aromatic nitrogens is 1. The molecule has 0 aromatic carbocycles. The molecule has 0 saturated carbocycles. The van der Waals surface area contributed by atoms with Crippen LogP contribution in [0.5, 0.6) is 0 Å². The van der Waals surface area contributed by atoms with Crippen LogP contribution in [0.2, 0.25) is 0 Å². The first-order valence-corrected chi connectivity index (χ1v) is 8.80. The van der Waals surface area contributed by atoms with Gasteiger partial charge in [-0.15, -0.1) is 0 Å². The maximum atomic E-state index is 12.7. The molecule has 1 spiro atoms. The summed E-state index contributed by atoms with van der Waals surface area (Å²) in [7, 11) is 0. The number of rotatable bonds is 4. The van der Waals surface area contributed by atoms with E-state index in [1.807, 2.05) is 11.8 Å². The lowest BCUT2D eigenvalue weighted by atomic mass is 9.85. The van der Waals surface area contributed by atoms with Crippen LogP contribution in [0.15, 0.2) is 23.1 Å². The minimum atomic E-state index is -0.400. The van der Waals surface area contributed by atoms with Crippen LogP contribution in [0, 0.1) is 5.41 Å². The van der Waals surface area contributed by atoms with Gasteiger partial charge in [0.1, 0.15) is 0 Å². The topological polar surface area (TPSA) is 62.6 Å². The van der Waals surface area contributed by atoms with Gasteiger partial charge in [0.25, 0.3) is 11.5 Å². The smallest absolute Gasteiger partial charge is 0.254 e. The van der Waals surface area contributed by atoms with E-state index in [1.165, 1.54) is 6.07 Å². The maximum absolute atomic E-state index is 12.7. The van der Waals surface area contributed by atoms with Crippen molar-refractivity contribution in [2.24, 2.45) is 5.41 Å². The Kier molecular flexibility index (Phi) is 4.47. The van der Waals surface area contributed by atoms with Gasteiger partial charge in [0.15, 0.2) is 0 Å². The van der Waals surface area contributed by atoms with Crippen LogP contribution in [0.4, 0.5) is 0 Å². The van der Waals surface area contributed by atoms with Gasteiger partial charge in [0.2, 0.25) is 5.91 Å². The monoisotopic (exact) mass is 331 g/mol. The Morgan fingerprint density at radius 3 is 2.62 bits per heavy atom. The molecule has 1 aromatic rings. The summed E-state index contributed by atoms with van der Waals surface area (Å²) in [6, 6.07) is 3.09. The fourth-order valence-corrected chi connectivity index (χ4v) is 3.89. The molecule has 0 bridgehead atoms. The number of amides is 2. The van der Waals surface area contributed by atoms with Gasteiger partial charge in [-0.1, -0.05) is 6.92 Å². The number of nitrogens with zero attached hydrogens (tertiary/aromatic N) is 3. The van der Waals surface area contributed by atoms with Crippen LogP contribution in [0.3, 0.4) is 0 Å². The molecule has 130 valence electrons. The Morgan fingerprint density at radius 1 is 1.21 bits per heavy atom. The number of hydrogen-bond donors (Lipinski definition) is 0. The molecule has 3 heterocycles. The lowest BCUT2D eigenvalue weighted by Gasteiger charge is -2.23. The molecule has 2 amide bonds. The Balaban J connectivity index is 1.74. The van der Waals surface area contributed by atoms with E-state index in [0.29, 0.717) is 25.2 Å². The van der Waals surface area contributed by atoms with Crippen LogP contribution in [-0.2, 0) is 11.3 Å². The van der Waals surface area contributed by atoms with Crippen molar-refractivity contribution in [1.29, 1.82) is 0 Å². The van der Waals surface area contributed by atoms with Gasteiger partial charge < -0.3 is 14.4 Å². The fourth-order valence-electron chi connectivity index (χ4n) is 3.89. The van der Waals surface area contributed by atoms with E-state index in [4.69, 9.17) is 0 Å². The summed E-state index contributed by atoms with van der Waals surface area (Å²) in [4.78, 5) is 41.0. The normalized spacial score (nSPS) is 23.5. The van der Waals surface area contributed by atoms with Crippen LogP contribution < -0.4 is 5.56 Å². The van der Waals surface area contributed by atoms with E-state index in [0.717, 1.165) is 32.4 Å². The zero-order valence-electron chi connectivity index (χ0n) is 14.5. The predicted octanol–water partition coefficient (Wildman–Crippen LogP) is 1.34. The zero-order valence-corrected chi connectivity index (χ0v) is 14.5. The molecule has 1 unspecified atom stereocenters. The van der Waals surface area contributed by atoms with Gasteiger partial charge in [-0.3, -0.25) is 14.4 Å². The number of carbonyl (C=O) groups is 2. The van der Waals surface area contributed by atoms with Crippen molar-refractivity contribution in [3.8, 4) is 0 Å². The predicted molar refractivity (Wildman–Crippen MR) is 90.8 cm³/mol. The molecule has 2 aliphatic rings. The van der Waals surface area contributed by atoms with Gasteiger partial charge in [-0.2, -0.15) is 0 Å². The van der Waals surface area contributed by atoms with Gasteiger partial charge in [-0.25, -0.2) is 0 Å². The number of likely N-dealkylation sites (tertiary alicyclic amines) is 2. The summed E-state index contributed by atoms with van der Waals surface area (Å²) in [6.07, 6.45) is 4.17. The highest BCUT2D eigenvalue weighted by Gasteiger charge is 2.51. The maximum Gasteiger partial charge on any atom is 0.254 e. The Labute approximate surface area is 142 Å². The van der Waals surface area contributed by atoms with Crippen LogP contribution in [0.25, 0.3) is 0 Å². The fraction of sp³-hybridized carbons (Fsp3) is 0.611. The number of aryl methyl sites for hydroxylation is 1. The third-order valence-electron chi connectivity index (χ3n) is 5.32. The summed E-state index contributed by atoms with van der Waals surface area (Å²) >= 11 is 0. The summed E-state index contributed by atoms with van der Waals surface area (Å²) in [5.74, 6) is 0.0509. The standard InChI is InChI=1S/C18H25N3O3/c1-3-8-20-10-6-18(17(20)24)7-11-21(13-18)16(23)14-5-9-19(4-2)15(22)12-14/h5,9,12H,3-4,6-8,10-11,13H2,1-2H3. The minimum absolute atomic E-state index is 0.144. The van der Waals surface area contributed by atoms with Crippen molar-refractivity contribution < 1.29 is 9.59 Å². The quantitative estimate of drug-likeness (QED) is 0.836. The first-order valence-electron chi connectivity index (χ1n) is 8.80. The largest absolute Gasteiger partial charge is 0.342 e. The second kappa shape index (κ2) is 6.42. The van der Waals surface area contributed by atoms with Crippen molar-refractivity contribution >= 4 is 11.8 Å². The van der Waals surface area contributed by atoms with E-state index in [2.05, 4.69) is 6.92 Å². The summed E-state index contributed by atoms with van der Waals surface area (Å²) < 4.78 is 1.56. The average Bonchev–Trinajstić information content (AvgIpc) is 3.14. The minimum Gasteiger partial charge on any atom is -0.342 e.